The number of pyridine rings is 1. The highest BCUT2D eigenvalue weighted by molar-refractivity contribution is 5.65. The van der Waals surface area contributed by atoms with E-state index in [9.17, 15) is 0 Å². The largest absolute Gasteiger partial charge is 0.399 e. The zero-order valence-corrected chi connectivity index (χ0v) is 9.04. The summed E-state index contributed by atoms with van der Waals surface area (Å²) < 4.78 is 1.88. The maximum absolute atomic E-state index is 5.76. The second-order valence-electron chi connectivity index (χ2n) is 3.84. The Labute approximate surface area is 97.7 Å². The van der Waals surface area contributed by atoms with E-state index in [1.165, 1.54) is 0 Å². The van der Waals surface area contributed by atoms with Crippen molar-refractivity contribution in [3.63, 3.8) is 0 Å². The summed E-state index contributed by atoms with van der Waals surface area (Å²) in [5.74, 6) is 0.757. The van der Waals surface area contributed by atoms with E-state index >= 15 is 0 Å². The van der Waals surface area contributed by atoms with Gasteiger partial charge in [-0.15, -0.1) is 10.2 Å². The van der Waals surface area contributed by atoms with Crippen molar-refractivity contribution in [1.82, 2.24) is 14.6 Å². The number of rotatable bonds is 1. The smallest absolute Gasteiger partial charge is 0.168 e. The van der Waals surface area contributed by atoms with Gasteiger partial charge in [-0.05, 0) is 18.2 Å². The summed E-state index contributed by atoms with van der Waals surface area (Å²) in [7, 11) is 0. The molecule has 2 aromatic heterocycles. The Hall–Kier alpha value is -2.56. The fourth-order valence-electron chi connectivity index (χ4n) is 1.78. The van der Waals surface area contributed by atoms with Gasteiger partial charge in [0.1, 0.15) is 0 Å². The Morgan fingerprint density at radius 2 is 1.76 bits per heavy atom. The molecule has 0 aliphatic carbocycles. The predicted octanol–water partition coefficient (Wildman–Crippen LogP) is 1.56. The Morgan fingerprint density at radius 3 is 2.59 bits per heavy atom. The first-order valence-corrected chi connectivity index (χ1v) is 5.20. The molecule has 17 heavy (non-hydrogen) atoms. The molecule has 0 bridgehead atoms. The van der Waals surface area contributed by atoms with Crippen molar-refractivity contribution in [2.75, 3.05) is 11.5 Å². The monoisotopic (exact) mass is 225 g/mol. The fraction of sp³-hybridized carbons (Fsp3) is 0. The van der Waals surface area contributed by atoms with Gasteiger partial charge in [-0.1, -0.05) is 12.1 Å². The van der Waals surface area contributed by atoms with Crippen LogP contribution in [0.15, 0.2) is 42.6 Å². The molecule has 4 N–H and O–H groups in total. The van der Waals surface area contributed by atoms with Gasteiger partial charge in [0.25, 0.3) is 0 Å². The highest BCUT2D eigenvalue weighted by Crippen LogP contribution is 2.21. The van der Waals surface area contributed by atoms with Crippen molar-refractivity contribution in [2.24, 2.45) is 0 Å². The SMILES string of the molecule is Nc1cccc(-c2nnc3cc(N)ccn23)c1. The lowest BCUT2D eigenvalue weighted by molar-refractivity contribution is 1.11. The number of hydrogen-bond donors (Lipinski definition) is 2. The maximum Gasteiger partial charge on any atom is 0.168 e. The average molecular weight is 225 g/mol. The third-order valence-electron chi connectivity index (χ3n) is 2.58. The fourth-order valence-corrected chi connectivity index (χ4v) is 1.78. The molecule has 5 heteroatoms. The van der Waals surface area contributed by atoms with E-state index in [4.69, 9.17) is 11.5 Å². The zero-order valence-electron chi connectivity index (χ0n) is 9.04. The molecule has 0 atom stereocenters. The van der Waals surface area contributed by atoms with Crippen LogP contribution in [0.1, 0.15) is 0 Å². The molecule has 0 saturated heterocycles. The van der Waals surface area contributed by atoms with Crippen molar-refractivity contribution in [3.8, 4) is 11.4 Å². The van der Waals surface area contributed by atoms with Gasteiger partial charge in [0, 0.05) is 29.2 Å². The summed E-state index contributed by atoms with van der Waals surface area (Å²) in [6.45, 7) is 0. The number of nitrogen functional groups attached to an aromatic ring is 2. The van der Waals surface area contributed by atoms with Gasteiger partial charge >= 0.3 is 0 Å². The first-order valence-electron chi connectivity index (χ1n) is 5.20. The summed E-state index contributed by atoms with van der Waals surface area (Å²) in [4.78, 5) is 0. The van der Waals surface area contributed by atoms with Crippen LogP contribution in [0.25, 0.3) is 17.0 Å². The average Bonchev–Trinajstić information content (AvgIpc) is 2.71. The summed E-state index contributed by atoms with van der Waals surface area (Å²) in [6.07, 6.45) is 1.85. The van der Waals surface area contributed by atoms with Crippen LogP contribution in [0.4, 0.5) is 11.4 Å². The van der Waals surface area contributed by atoms with E-state index < -0.39 is 0 Å². The summed E-state index contributed by atoms with van der Waals surface area (Å²) in [5, 5.41) is 8.23. The number of fused-ring (bicyclic) bond motifs is 1. The summed E-state index contributed by atoms with van der Waals surface area (Å²) in [6, 6.07) is 11.1. The van der Waals surface area contributed by atoms with Crippen LogP contribution in [0.2, 0.25) is 0 Å². The minimum atomic E-state index is 0.670. The molecule has 0 aliphatic heterocycles. The molecular weight excluding hydrogens is 214 g/mol. The molecule has 0 amide bonds. The van der Waals surface area contributed by atoms with Crippen LogP contribution in [0, 0.1) is 0 Å². The van der Waals surface area contributed by atoms with Gasteiger partial charge < -0.3 is 11.5 Å². The molecule has 3 aromatic rings. The minimum Gasteiger partial charge on any atom is -0.399 e. The summed E-state index contributed by atoms with van der Waals surface area (Å²) >= 11 is 0. The van der Waals surface area contributed by atoms with Crippen molar-refractivity contribution in [2.45, 2.75) is 0 Å². The highest BCUT2D eigenvalue weighted by Gasteiger charge is 2.07. The van der Waals surface area contributed by atoms with Crippen LogP contribution >= 0.6 is 0 Å². The van der Waals surface area contributed by atoms with Gasteiger partial charge in [-0.2, -0.15) is 0 Å². The summed E-state index contributed by atoms with van der Waals surface area (Å²) in [5.41, 5.74) is 14.5. The molecule has 84 valence electrons. The van der Waals surface area contributed by atoms with Crippen LogP contribution in [0.5, 0.6) is 0 Å². The molecule has 0 fully saturated rings. The van der Waals surface area contributed by atoms with Crippen LogP contribution in [0.3, 0.4) is 0 Å². The second-order valence-corrected chi connectivity index (χ2v) is 3.84. The number of nitrogens with zero attached hydrogens (tertiary/aromatic N) is 3. The van der Waals surface area contributed by atoms with Crippen LogP contribution in [-0.2, 0) is 0 Å². The Morgan fingerprint density at radius 1 is 0.941 bits per heavy atom. The van der Waals surface area contributed by atoms with Crippen molar-refractivity contribution < 1.29 is 0 Å². The van der Waals surface area contributed by atoms with E-state index in [2.05, 4.69) is 10.2 Å². The number of anilines is 2. The molecule has 0 aliphatic rings. The quantitative estimate of drug-likeness (QED) is 0.616. The third kappa shape index (κ3) is 1.57. The van der Waals surface area contributed by atoms with Crippen molar-refractivity contribution >= 4 is 17.0 Å². The van der Waals surface area contributed by atoms with E-state index in [1.54, 1.807) is 6.07 Å². The van der Waals surface area contributed by atoms with E-state index in [1.807, 2.05) is 40.9 Å². The van der Waals surface area contributed by atoms with Crippen LogP contribution in [-0.4, -0.2) is 14.6 Å². The Kier molecular flexibility index (Phi) is 1.98. The molecule has 3 rings (SSSR count). The maximum atomic E-state index is 5.76. The number of hydrogen-bond acceptors (Lipinski definition) is 4. The topological polar surface area (TPSA) is 82.2 Å². The van der Waals surface area contributed by atoms with Gasteiger partial charge in [-0.3, -0.25) is 4.40 Å². The number of nitrogens with two attached hydrogens (primary N) is 2. The molecule has 0 spiro atoms. The minimum absolute atomic E-state index is 0.670. The lowest BCUT2D eigenvalue weighted by Crippen LogP contribution is -1.92. The van der Waals surface area contributed by atoms with E-state index in [0.29, 0.717) is 11.4 Å². The Bertz CT molecular complexity index is 686. The molecule has 2 heterocycles. The lowest BCUT2D eigenvalue weighted by atomic mass is 10.2. The van der Waals surface area contributed by atoms with E-state index in [-0.39, 0.29) is 0 Å². The second kappa shape index (κ2) is 3.48. The van der Waals surface area contributed by atoms with Crippen molar-refractivity contribution in [1.29, 1.82) is 0 Å². The zero-order chi connectivity index (χ0) is 11.8. The standard InChI is InChI=1S/C12H11N5/c13-9-3-1-2-8(6-9)12-16-15-11-7-10(14)4-5-17(11)12/h1-7H,13-14H2. The predicted molar refractivity (Wildman–Crippen MR) is 67.2 cm³/mol. The molecule has 0 saturated carbocycles. The first kappa shape index (κ1) is 9.65. The molecule has 0 unspecified atom stereocenters. The lowest BCUT2D eigenvalue weighted by Gasteiger charge is -2.01. The molecule has 5 nitrogen and oxygen atoms in total. The first-order chi connectivity index (χ1) is 8.24. The van der Waals surface area contributed by atoms with Gasteiger partial charge in [0.05, 0.1) is 0 Å². The molecule has 1 aromatic carbocycles. The van der Waals surface area contributed by atoms with Gasteiger partial charge in [-0.25, -0.2) is 0 Å². The van der Waals surface area contributed by atoms with E-state index in [0.717, 1.165) is 17.0 Å². The normalized spacial score (nSPS) is 10.8. The number of aromatic nitrogens is 3. The number of benzene rings is 1. The highest BCUT2D eigenvalue weighted by atomic mass is 15.2. The van der Waals surface area contributed by atoms with Gasteiger partial charge in [0.15, 0.2) is 11.5 Å². The molecule has 0 radical (unpaired) electrons. The Balaban J connectivity index is 2.24. The molecular formula is C12H11N5. The van der Waals surface area contributed by atoms with Crippen LogP contribution < -0.4 is 11.5 Å². The van der Waals surface area contributed by atoms with Gasteiger partial charge in [0.2, 0.25) is 0 Å². The third-order valence-corrected chi connectivity index (χ3v) is 2.58. The van der Waals surface area contributed by atoms with Crippen molar-refractivity contribution in [3.05, 3.63) is 42.6 Å².